The van der Waals surface area contributed by atoms with E-state index in [1.807, 2.05) is 0 Å². The molecule has 10 heavy (non-hydrogen) atoms. The topological polar surface area (TPSA) is 29.3 Å². The quantitative estimate of drug-likeness (QED) is 0.522. The Hall–Kier alpha value is -0.0800. The van der Waals surface area contributed by atoms with Crippen molar-refractivity contribution in [3.8, 4) is 0 Å². The zero-order chi connectivity index (χ0) is 6.72. The fourth-order valence-corrected chi connectivity index (χ4v) is 3.06. The first-order valence-corrected chi connectivity index (χ1v) is 4.37. The predicted octanol–water partition coefficient (Wildman–Crippen LogP) is 0.323. The van der Waals surface area contributed by atoms with E-state index in [9.17, 15) is 0 Å². The van der Waals surface area contributed by atoms with Crippen molar-refractivity contribution < 1.29 is 0 Å². The Balaban J connectivity index is 1.80. The summed E-state index contributed by atoms with van der Waals surface area (Å²) in [6.45, 7) is 0. The van der Waals surface area contributed by atoms with Crippen LogP contribution in [0.25, 0.3) is 0 Å². The molecule has 3 fully saturated rings. The van der Waals surface area contributed by atoms with Gasteiger partial charge in [0.25, 0.3) is 0 Å². The Morgan fingerprint density at radius 3 is 1.90 bits per heavy atom. The number of piperidine rings is 2. The van der Waals surface area contributed by atoms with Gasteiger partial charge in [-0.25, -0.2) is 0 Å². The molecule has 0 radical (unpaired) electrons. The zero-order valence-electron chi connectivity index (χ0n) is 6.16. The van der Waals surface area contributed by atoms with Gasteiger partial charge in [-0.05, 0) is 25.7 Å². The van der Waals surface area contributed by atoms with Crippen LogP contribution in [-0.4, -0.2) is 29.1 Å². The monoisotopic (exact) mass is 138 g/mol. The lowest BCUT2D eigenvalue weighted by Gasteiger charge is -2.65. The summed E-state index contributed by atoms with van der Waals surface area (Å²) in [6, 6.07) is 3.30. The van der Waals surface area contributed by atoms with E-state index in [1.165, 1.54) is 25.7 Å². The van der Waals surface area contributed by atoms with E-state index < -0.39 is 0 Å². The van der Waals surface area contributed by atoms with Crippen LogP contribution in [0.5, 0.6) is 0 Å². The maximum atomic E-state index is 5.91. The summed E-state index contributed by atoms with van der Waals surface area (Å²) in [4.78, 5) is 2.68. The molecular formula is C8H14N2. The highest BCUT2D eigenvalue weighted by Crippen LogP contribution is 2.47. The molecule has 0 aliphatic carbocycles. The van der Waals surface area contributed by atoms with Gasteiger partial charge in [0.05, 0.1) is 0 Å². The average molecular weight is 138 g/mol. The molecule has 0 aromatic carbocycles. The molecule has 0 spiro atoms. The predicted molar refractivity (Wildman–Crippen MR) is 39.6 cm³/mol. The first-order chi connectivity index (χ1) is 4.84. The van der Waals surface area contributed by atoms with Gasteiger partial charge in [-0.1, -0.05) is 0 Å². The van der Waals surface area contributed by atoms with E-state index in [-0.39, 0.29) is 0 Å². The van der Waals surface area contributed by atoms with Crippen LogP contribution in [-0.2, 0) is 0 Å². The highest BCUT2D eigenvalue weighted by molar-refractivity contribution is 5.10. The molecular weight excluding hydrogens is 124 g/mol. The third kappa shape index (κ3) is 0.487. The van der Waals surface area contributed by atoms with Gasteiger partial charge in [-0.15, -0.1) is 0 Å². The van der Waals surface area contributed by atoms with Crippen LogP contribution in [0.2, 0.25) is 0 Å². The van der Waals surface area contributed by atoms with E-state index in [2.05, 4.69) is 4.90 Å². The summed E-state index contributed by atoms with van der Waals surface area (Å²) >= 11 is 0. The van der Waals surface area contributed by atoms with Crippen LogP contribution in [0.15, 0.2) is 0 Å². The van der Waals surface area contributed by atoms with Crippen molar-refractivity contribution in [3.63, 3.8) is 0 Å². The fourth-order valence-electron chi connectivity index (χ4n) is 3.06. The van der Waals surface area contributed by atoms with Gasteiger partial charge in [0.1, 0.15) is 0 Å². The molecule has 3 rings (SSSR count). The molecule has 56 valence electrons. The Bertz CT molecular complexity index is 153. The van der Waals surface area contributed by atoms with Crippen LogP contribution in [0.4, 0.5) is 0 Å². The minimum Gasteiger partial charge on any atom is -0.328 e. The van der Waals surface area contributed by atoms with Gasteiger partial charge in [0.2, 0.25) is 0 Å². The van der Waals surface area contributed by atoms with E-state index in [0.717, 1.165) is 18.1 Å². The van der Waals surface area contributed by atoms with E-state index in [4.69, 9.17) is 5.73 Å². The molecule has 0 bridgehead atoms. The third-order valence-electron chi connectivity index (χ3n) is 3.50. The summed E-state index contributed by atoms with van der Waals surface area (Å²) in [6.07, 6.45) is 5.44. The molecule has 3 saturated heterocycles. The fraction of sp³-hybridized carbons (Fsp3) is 1.00. The second-order valence-electron chi connectivity index (χ2n) is 4.11. The maximum Gasteiger partial charge on any atom is 0.0131 e. The number of nitrogens with two attached hydrogens (primary N) is 1. The Kier molecular flexibility index (Phi) is 0.868. The molecule has 0 amide bonds. The zero-order valence-corrected chi connectivity index (χ0v) is 6.16. The second kappa shape index (κ2) is 1.56. The molecule has 3 aliphatic heterocycles. The molecule has 2 nitrogen and oxygen atoms in total. The molecule has 2 N–H and O–H groups in total. The first kappa shape index (κ1) is 5.56. The molecule has 2 heteroatoms. The molecule has 3 heterocycles. The van der Waals surface area contributed by atoms with Gasteiger partial charge in [0, 0.05) is 24.2 Å². The standard InChI is InChI=1S/C8H14N2/c9-5-1-6-3-8-4-7(2-5)10(6)8/h5-8H,1-4,9H2. The lowest BCUT2D eigenvalue weighted by Crippen LogP contribution is -2.73. The van der Waals surface area contributed by atoms with Crippen LogP contribution < -0.4 is 5.73 Å². The van der Waals surface area contributed by atoms with Gasteiger partial charge >= 0.3 is 0 Å². The van der Waals surface area contributed by atoms with Crippen molar-refractivity contribution in [2.45, 2.75) is 49.9 Å². The maximum absolute atomic E-state index is 5.91. The van der Waals surface area contributed by atoms with Crippen LogP contribution in [0.1, 0.15) is 25.7 Å². The van der Waals surface area contributed by atoms with Gasteiger partial charge in [-0.2, -0.15) is 0 Å². The largest absolute Gasteiger partial charge is 0.328 e. The van der Waals surface area contributed by atoms with Gasteiger partial charge < -0.3 is 5.73 Å². The summed E-state index contributed by atoms with van der Waals surface area (Å²) in [5, 5.41) is 0. The lowest BCUT2D eigenvalue weighted by molar-refractivity contribution is -0.148. The minimum atomic E-state index is 0.521. The normalized spacial score (nSPS) is 58.5. The average Bonchev–Trinajstić information content (AvgIpc) is 1.78. The third-order valence-corrected chi connectivity index (χ3v) is 3.50. The van der Waals surface area contributed by atoms with Crippen LogP contribution in [0.3, 0.4) is 0 Å². The molecule has 0 aromatic heterocycles. The highest BCUT2D eigenvalue weighted by atomic mass is 15.3. The SMILES string of the molecule is NC1CC2CC3CC(C1)N23. The summed E-state index contributed by atoms with van der Waals surface area (Å²) < 4.78 is 0. The molecule has 2 atom stereocenters. The summed E-state index contributed by atoms with van der Waals surface area (Å²) in [7, 11) is 0. The van der Waals surface area contributed by atoms with Crippen molar-refractivity contribution in [2.24, 2.45) is 5.73 Å². The highest BCUT2D eigenvalue weighted by Gasteiger charge is 2.54. The van der Waals surface area contributed by atoms with Gasteiger partial charge in [-0.3, -0.25) is 4.90 Å². The van der Waals surface area contributed by atoms with E-state index >= 15 is 0 Å². The first-order valence-electron chi connectivity index (χ1n) is 4.37. The van der Waals surface area contributed by atoms with E-state index in [0.29, 0.717) is 6.04 Å². The van der Waals surface area contributed by atoms with Gasteiger partial charge in [0.15, 0.2) is 0 Å². The Morgan fingerprint density at radius 2 is 1.40 bits per heavy atom. The van der Waals surface area contributed by atoms with Crippen molar-refractivity contribution in [3.05, 3.63) is 0 Å². The minimum absolute atomic E-state index is 0.521. The van der Waals surface area contributed by atoms with Crippen molar-refractivity contribution in [2.75, 3.05) is 0 Å². The number of hydrogen-bond acceptors (Lipinski definition) is 2. The second-order valence-corrected chi connectivity index (χ2v) is 4.11. The summed E-state index contributed by atoms with van der Waals surface area (Å²) in [5.41, 5.74) is 5.91. The van der Waals surface area contributed by atoms with Crippen molar-refractivity contribution in [1.82, 2.24) is 4.90 Å². The Morgan fingerprint density at radius 1 is 0.900 bits per heavy atom. The molecule has 3 aliphatic rings. The number of hydrogen-bond donors (Lipinski definition) is 1. The van der Waals surface area contributed by atoms with Crippen LogP contribution in [0, 0.1) is 0 Å². The molecule has 0 aromatic rings. The van der Waals surface area contributed by atoms with Crippen molar-refractivity contribution >= 4 is 0 Å². The van der Waals surface area contributed by atoms with Crippen molar-refractivity contribution in [1.29, 1.82) is 0 Å². The summed E-state index contributed by atoms with van der Waals surface area (Å²) in [5.74, 6) is 0. The number of rotatable bonds is 0. The lowest BCUT2D eigenvalue weighted by atomic mass is 9.69. The molecule has 2 unspecified atom stereocenters. The van der Waals surface area contributed by atoms with Crippen LogP contribution >= 0.6 is 0 Å². The number of nitrogens with zero attached hydrogens (tertiary/aromatic N) is 1. The Labute approximate surface area is 61.4 Å². The molecule has 0 saturated carbocycles. The smallest absolute Gasteiger partial charge is 0.0131 e. The van der Waals surface area contributed by atoms with E-state index in [1.54, 1.807) is 0 Å².